The van der Waals surface area contributed by atoms with Crippen LogP contribution in [-0.4, -0.2) is 18.4 Å². The third kappa shape index (κ3) is 13.3. The Morgan fingerprint density at radius 3 is 1.56 bits per heavy atom. The van der Waals surface area contributed by atoms with Crippen molar-refractivity contribution in [2.75, 3.05) is 0 Å². The number of epoxide rings is 1. The molecule has 0 aromatic rings. The van der Waals surface area contributed by atoms with Crippen LogP contribution in [0.1, 0.15) is 123 Å². The molecule has 148 valence electrons. The maximum absolute atomic E-state index is 11.6. The number of esters is 1. The van der Waals surface area contributed by atoms with E-state index in [1.54, 1.807) is 0 Å². The molecule has 2 atom stereocenters. The number of carbonyl (C=O) groups is 1. The van der Waals surface area contributed by atoms with Crippen LogP contribution in [0.25, 0.3) is 0 Å². The molecule has 1 fully saturated rings. The third-order valence-electron chi connectivity index (χ3n) is 5.17. The zero-order chi connectivity index (χ0) is 18.2. The van der Waals surface area contributed by atoms with Gasteiger partial charge in [0.2, 0.25) is 6.29 Å². The molecule has 0 radical (unpaired) electrons. The average molecular weight is 355 g/mol. The summed E-state index contributed by atoms with van der Waals surface area (Å²) in [5, 5.41) is 0. The summed E-state index contributed by atoms with van der Waals surface area (Å²) in [6.45, 7) is 4.33. The van der Waals surface area contributed by atoms with E-state index in [0.29, 0.717) is 6.42 Å². The van der Waals surface area contributed by atoms with Gasteiger partial charge < -0.3 is 9.47 Å². The van der Waals surface area contributed by atoms with Gasteiger partial charge in [-0.05, 0) is 12.8 Å². The highest BCUT2D eigenvalue weighted by Crippen LogP contribution is 2.26. The number of carbonyl (C=O) groups excluding carboxylic acids is 1. The fourth-order valence-corrected chi connectivity index (χ4v) is 3.35. The predicted octanol–water partition coefficient (Wildman–Crippen LogP) is 6.93. The minimum Gasteiger partial charge on any atom is -0.433 e. The first-order valence-electron chi connectivity index (χ1n) is 11.1. The second kappa shape index (κ2) is 15.7. The van der Waals surface area contributed by atoms with Crippen molar-refractivity contribution in [2.45, 2.75) is 135 Å². The quantitative estimate of drug-likeness (QED) is 0.152. The van der Waals surface area contributed by atoms with Crippen LogP contribution in [0.3, 0.4) is 0 Å². The van der Waals surface area contributed by atoms with Gasteiger partial charge in [0.15, 0.2) is 0 Å². The van der Waals surface area contributed by atoms with E-state index >= 15 is 0 Å². The number of ether oxygens (including phenoxy) is 2. The highest BCUT2D eigenvalue weighted by atomic mass is 16.8. The minimum absolute atomic E-state index is 0.0874. The van der Waals surface area contributed by atoms with Crippen molar-refractivity contribution in [3.05, 3.63) is 0 Å². The van der Waals surface area contributed by atoms with Crippen LogP contribution in [0.5, 0.6) is 0 Å². The van der Waals surface area contributed by atoms with Crippen LogP contribution in [0.4, 0.5) is 0 Å². The topological polar surface area (TPSA) is 38.8 Å². The van der Waals surface area contributed by atoms with Gasteiger partial charge in [0.1, 0.15) is 6.10 Å². The van der Waals surface area contributed by atoms with Crippen LogP contribution in [0.15, 0.2) is 0 Å². The van der Waals surface area contributed by atoms with E-state index < -0.39 is 0 Å². The Labute approximate surface area is 156 Å². The van der Waals surface area contributed by atoms with Gasteiger partial charge in [-0.3, -0.25) is 4.79 Å². The standard InChI is InChI=1S/C22H42O3/c1-3-5-6-7-8-9-10-11-12-13-14-15-16-17-18-19-21(23)25-22-20(4-2)24-22/h20,22H,3-19H2,1-2H3. The van der Waals surface area contributed by atoms with E-state index in [1.807, 2.05) is 6.92 Å². The molecule has 3 heteroatoms. The molecule has 0 amide bonds. The van der Waals surface area contributed by atoms with Crippen molar-refractivity contribution in [3.8, 4) is 0 Å². The molecule has 1 heterocycles. The SMILES string of the molecule is CCCCCCCCCCCCCCCCCC(=O)OC1OC1CC. The maximum Gasteiger partial charge on any atom is 0.308 e. The number of rotatable bonds is 18. The highest BCUT2D eigenvalue weighted by Gasteiger charge is 2.40. The number of hydrogen-bond donors (Lipinski definition) is 0. The van der Waals surface area contributed by atoms with Crippen LogP contribution in [0, 0.1) is 0 Å². The zero-order valence-corrected chi connectivity index (χ0v) is 16.9. The number of unbranched alkanes of at least 4 members (excludes halogenated alkanes) is 14. The molecule has 1 aliphatic rings. The van der Waals surface area contributed by atoms with Gasteiger partial charge in [-0.15, -0.1) is 0 Å². The van der Waals surface area contributed by atoms with Gasteiger partial charge in [-0.1, -0.05) is 104 Å². The molecule has 0 bridgehead atoms. The third-order valence-corrected chi connectivity index (χ3v) is 5.17. The lowest BCUT2D eigenvalue weighted by Gasteiger charge is -2.04. The average Bonchev–Trinajstić information content (AvgIpc) is 3.36. The summed E-state index contributed by atoms with van der Waals surface area (Å²) < 4.78 is 10.4. The second-order valence-corrected chi connectivity index (χ2v) is 7.64. The molecule has 0 aromatic carbocycles. The Hall–Kier alpha value is -0.570. The Morgan fingerprint density at radius 1 is 0.720 bits per heavy atom. The molecular formula is C22H42O3. The van der Waals surface area contributed by atoms with E-state index in [4.69, 9.17) is 9.47 Å². The fraction of sp³-hybridized carbons (Fsp3) is 0.955. The Kier molecular flexibility index (Phi) is 14.1. The van der Waals surface area contributed by atoms with Gasteiger partial charge in [0.05, 0.1) is 0 Å². The monoisotopic (exact) mass is 354 g/mol. The van der Waals surface area contributed by atoms with Gasteiger partial charge >= 0.3 is 5.97 Å². The summed E-state index contributed by atoms with van der Waals surface area (Å²) >= 11 is 0. The summed E-state index contributed by atoms with van der Waals surface area (Å²) in [4.78, 5) is 11.6. The van der Waals surface area contributed by atoms with Gasteiger partial charge in [0, 0.05) is 6.42 Å². The lowest BCUT2D eigenvalue weighted by atomic mass is 10.0. The summed E-state index contributed by atoms with van der Waals surface area (Å²) in [6.07, 6.45) is 21.6. The maximum atomic E-state index is 11.6. The van der Waals surface area contributed by atoms with Crippen molar-refractivity contribution >= 4 is 5.97 Å². The smallest absolute Gasteiger partial charge is 0.308 e. The first-order chi connectivity index (χ1) is 12.3. The summed E-state index contributed by atoms with van der Waals surface area (Å²) in [5.74, 6) is -0.0874. The van der Waals surface area contributed by atoms with Crippen molar-refractivity contribution in [3.63, 3.8) is 0 Å². The molecular weight excluding hydrogens is 312 g/mol. The van der Waals surface area contributed by atoms with Crippen molar-refractivity contribution < 1.29 is 14.3 Å². The molecule has 0 aromatic heterocycles. The first-order valence-corrected chi connectivity index (χ1v) is 11.1. The van der Waals surface area contributed by atoms with E-state index in [9.17, 15) is 4.79 Å². The fourth-order valence-electron chi connectivity index (χ4n) is 3.35. The Balaban J connectivity index is 1.70. The van der Waals surface area contributed by atoms with Crippen LogP contribution < -0.4 is 0 Å². The molecule has 0 saturated carbocycles. The number of hydrogen-bond acceptors (Lipinski definition) is 3. The van der Waals surface area contributed by atoms with Gasteiger partial charge in [-0.25, -0.2) is 0 Å². The van der Waals surface area contributed by atoms with Gasteiger partial charge in [-0.2, -0.15) is 0 Å². The molecule has 1 aliphatic heterocycles. The van der Waals surface area contributed by atoms with E-state index in [1.165, 1.54) is 83.5 Å². The van der Waals surface area contributed by atoms with Crippen molar-refractivity contribution in [1.29, 1.82) is 0 Å². The van der Waals surface area contributed by atoms with Crippen LogP contribution >= 0.6 is 0 Å². The molecule has 25 heavy (non-hydrogen) atoms. The van der Waals surface area contributed by atoms with Crippen LogP contribution in [-0.2, 0) is 14.3 Å². The van der Waals surface area contributed by atoms with Crippen molar-refractivity contribution in [1.82, 2.24) is 0 Å². The molecule has 3 nitrogen and oxygen atoms in total. The van der Waals surface area contributed by atoms with Gasteiger partial charge in [0.25, 0.3) is 0 Å². The summed E-state index contributed by atoms with van der Waals surface area (Å²) in [6, 6.07) is 0. The zero-order valence-electron chi connectivity index (χ0n) is 16.9. The lowest BCUT2D eigenvalue weighted by molar-refractivity contribution is -0.148. The molecule has 0 spiro atoms. The van der Waals surface area contributed by atoms with Crippen LogP contribution in [0.2, 0.25) is 0 Å². The highest BCUT2D eigenvalue weighted by molar-refractivity contribution is 5.69. The molecule has 1 saturated heterocycles. The molecule has 2 unspecified atom stereocenters. The van der Waals surface area contributed by atoms with E-state index in [0.717, 1.165) is 19.3 Å². The Morgan fingerprint density at radius 2 is 1.16 bits per heavy atom. The molecule has 0 aliphatic carbocycles. The predicted molar refractivity (Wildman–Crippen MR) is 105 cm³/mol. The van der Waals surface area contributed by atoms with Crippen molar-refractivity contribution in [2.24, 2.45) is 0 Å². The van der Waals surface area contributed by atoms with E-state index in [2.05, 4.69) is 6.92 Å². The lowest BCUT2D eigenvalue weighted by Crippen LogP contribution is -2.08. The summed E-state index contributed by atoms with van der Waals surface area (Å²) in [7, 11) is 0. The molecule has 0 N–H and O–H groups in total. The first kappa shape index (κ1) is 22.5. The minimum atomic E-state index is -0.242. The van der Waals surface area contributed by atoms with E-state index in [-0.39, 0.29) is 18.4 Å². The normalized spacial score (nSPS) is 19.1. The second-order valence-electron chi connectivity index (χ2n) is 7.64. The largest absolute Gasteiger partial charge is 0.433 e. The molecule has 1 rings (SSSR count). The Bertz CT molecular complexity index is 316. The summed E-state index contributed by atoms with van der Waals surface area (Å²) in [5.41, 5.74) is 0.